The Hall–Kier alpha value is -1.92. The van der Waals surface area contributed by atoms with Crippen LogP contribution in [0, 0.1) is 5.41 Å². The van der Waals surface area contributed by atoms with E-state index in [2.05, 4.69) is 10.6 Å². The summed E-state index contributed by atoms with van der Waals surface area (Å²) in [7, 11) is 3.85. The second-order valence-corrected chi connectivity index (χ2v) is 7.01. The van der Waals surface area contributed by atoms with E-state index >= 15 is 0 Å². The maximum Gasteiger partial charge on any atom is 0.241 e. The van der Waals surface area contributed by atoms with Crippen LogP contribution >= 0.6 is 0 Å². The summed E-state index contributed by atoms with van der Waals surface area (Å²) >= 11 is 0. The van der Waals surface area contributed by atoms with Crippen LogP contribution in [-0.2, 0) is 9.59 Å². The average molecular weight is 320 g/mol. The van der Waals surface area contributed by atoms with E-state index in [1.165, 1.54) is 0 Å². The van der Waals surface area contributed by atoms with Crippen molar-refractivity contribution in [2.45, 2.75) is 33.2 Å². The molecule has 1 aromatic rings. The molecule has 23 heavy (non-hydrogen) atoms. The molecule has 0 radical (unpaired) electrons. The number of anilines is 2. The standard InChI is InChI=1S/C17H28N4O2/c1-17(2,3)15(18)16(23)20-13-8-6-12(7-9-13)19-14(22)10-11-21(4)5/h6-9,15H,10-11,18H2,1-5H3,(H,19,22)(H,20,23)/t15-/m1/s1. The normalized spacial score (nSPS) is 12.8. The summed E-state index contributed by atoms with van der Waals surface area (Å²) in [6.07, 6.45) is 0.436. The molecule has 0 heterocycles. The van der Waals surface area contributed by atoms with Gasteiger partial charge in [0, 0.05) is 24.3 Å². The lowest BCUT2D eigenvalue weighted by atomic mass is 9.87. The zero-order valence-corrected chi connectivity index (χ0v) is 14.6. The van der Waals surface area contributed by atoms with E-state index in [1.807, 2.05) is 39.8 Å². The van der Waals surface area contributed by atoms with Gasteiger partial charge >= 0.3 is 0 Å². The first-order valence-electron chi connectivity index (χ1n) is 7.70. The third kappa shape index (κ3) is 6.80. The number of rotatable bonds is 6. The molecule has 6 nitrogen and oxygen atoms in total. The highest BCUT2D eigenvalue weighted by molar-refractivity contribution is 5.96. The van der Waals surface area contributed by atoms with Gasteiger partial charge in [-0.2, -0.15) is 0 Å². The Balaban J connectivity index is 2.57. The van der Waals surface area contributed by atoms with Gasteiger partial charge in [0.05, 0.1) is 6.04 Å². The van der Waals surface area contributed by atoms with Gasteiger partial charge in [-0.1, -0.05) is 20.8 Å². The van der Waals surface area contributed by atoms with Crippen molar-refractivity contribution in [2.24, 2.45) is 11.1 Å². The van der Waals surface area contributed by atoms with Crippen molar-refractivity contribution >= 4 is 23.2 Å². The molecule has 1 rings (SSSR count). The smallest absolute Gasteiger partial charge is 0.241 e. The van der Waals surface area contributed by atoms with Gasteiger partial charge in [0.2, 0.25) is 11.8 Å². The molecule has 4 N–H and O–H groups in total. The Morgan fingerprint density at radius 1 is 1.09 bits per heavy atom. The van der Waals surface area contributed by atoms with Crippen LogP contribution < -0.4 is 16.4 Å². The van der Waals surface area contributed by atoms with Crippen LogP contribution in [0.25, 0.3) is 0 Å². The van der Waals surface area contributed by atoms with E-state index in [9.17, 15) is 9.59 Å². The Morgan fingerprint density at radius 2 is 1.57 bits per heavy atom. The molecule has 0 unspecified atom stereocenters. The van der Waals surface area contributed by atoms with Crippen molar-refractivity contribution in [3.8, 4) is 0 Å². The quantitative estimate of drug-likeness (QED) is 0.747. The second kappa shape index (κ2) is 8.08. The van der Waals surface area contributed by atoms with E-state index < -0.39 is 6.04 Å². The Bertz CT molecular complexity index is 533. The molecule has 1 atom stereocenters. The lowest BCUT2D eigenvalue weighted by molar-refractivity contribution is -0.119. The van der Waals surface area contributed by atoms with E-state index in [0.29, 0.717) is 24.3 Å². The first-order valence-corrected chi connectivity index (χ1v) is 7.70. The number of nitrogens with one attached hydrogen (secondary N) is 2. The topological polar surface area (TPSA) is 87.5 Å². The van der Waals surface area contributed by atoms with Crippen LogP contribution in [-0.4, -0.2) is 43.4 Å². The van der Waals surface area contributed by atoms with E-state index in [4.69, 9.17) is 5.73 Å². The fourth-order valence-corrected chi connectivity index (χ4v) is 1.80. The maximum atomic E-state index is 12.1. The fourth-order valence-electron chi connectivity index (χ4n) is 1.80. The molecule has 0 fully saturated rings. The minimum absolute atomic E-state index is 0.0368. The largest absolute Gasteiger partial charge is 0.326 e. The molecule has 0 aromatic heterocycles. The van der Waals surface area contributed by atoms with Crippen molar-refractivity contribution in [2.75, 3.05) is 31.3 Å². The van der Waals surface area contributed by atoms with Gasteiger partial charge < -0.3 is 21.3 Å². The predicted molar refractivity (Wildman–Crippen MR) is 94.3 cm³/mol. The lowest BCUT2D eigenvalue weighted by Crippen LogP contribution is -2.45. The van der Waals surface area contributed by atoms with Gasteiger partial charge in [-0.3, -0.25) is 9.59 Å². The van der Waals surface area contributed by atoms with Crippen molar-refractivity contribution in [1.82, 2.24) is 4.90 Å². The van der Waals surface area contributed by atoms with E-state index in [1.54, 1.807) is 24.3 Å². The second-order valence-electron chi connectivity index (χ2n) is 7.01. The molecule has 128 valence electrons. The highest BCUT2D eigenvalue weighted by Crippen LogP contribution is 2.20. The van der Waals surface area contributed by atoms with Crippen molar-refractivity contribution in [3.63, 3.8) is 0 Å². The zero-order valence-electron chi connectivity index (χ0n) is 14.6. The molecule has 0 saturated carbocycles. The maximum absolute atomic E-state index is 12.1. The number of benzene rings is 1. The molecule has 6 heteroatoms. The third-order valence-corrected chi connectivity index (χ3v) is 3.44. The van der Waals surface area contributed by atoms with Crippen molar-refractivity contribution < 1.29 is 9.59 Å². The van der Waals surface area contributed by atoms with Gasteiger partial charge in [-0.25, -0.2) is 0 Å². The average Bonchev–Trinajstić information content (AvgIpc) is 2.45. The highest BCUT2D eigenvalue weighted by Gasteiger charge is 2.27. The number of carbonyl (C=O) groups is 2. The summed E-state index contributed by atoms with van der Waals surface area (Å²) in [5.41, 5.74) is 6.98. The van der Waals surface area contributed by atoms with Crippen LogP contribution in [0.3, 0.4) is 0 Å². The Labute approximate surface area is 138 Å². The molecule has 0 aliphatic heterocycles. The Kier molecular flexibility index (Phi) is 6.72. The van der Waals surface area contributed by atoms with Gasteiger partial charge in [-0.05, 0) is 43.8 Å². The Morgan fingerprint density at radius 3 is 2.00 bits per heavy atom. The molecule has 0 aliphatic rings. The van der Waals surface area contributed by atoms with Crippen LogP contribution in [0.5, 0.6) is 0 Å². The van der Waals surface area contributed by atoms with Gasteiger partial charge in [0.25, 0.3) is 0 Å². The van der Waals surface area contributed by atoms with Crippen LogP contribution in [0.1, 0.15) is 27.2 Å². The summed E-state index contributed by atoms with van der Waals surface area (Å²) in [6.45, 7) is 6.46. The number of nitrogens with two attached hydrogens (primary N) is 1. The molecule has 0 saturated heterocycles. The fraction of sp³-hybridized carbons (Fsp3) is 0.529. The minimum atomic E-state index is -0.590. The highest BCUT2D eigenvalue weighted by atomic mass is 16.2. The number of carbonyl (C=O) groups excluding carboxylic acids is 2. The third-order valence-electron chi connectivity index (χ3n) is 3.44. The molecule has 0 aliphatic carbocycles. The lowest BCUT2D eigenvalue weighted by Gasteiger charge is -2.25. The molecule has 1 aromatic carbocycles. The summed E-state index contributed by atoms with van der Waals surface area (Å²) in [5, 5.41) is 5.61. The summed E-state index contributed by atoms with van der Waals surface area (Å²) in [6, 6.07) is 6.41. The molecular weight excluding hydrogens is 292 g/mol. The predicted octanol–water partition coefficient (Wildman–Crippen LogP) is 1.89. The number of hydrogen-bond acceptors (Lipinski definition) is 4. The van der Waals surface area contributed by atoms with Gasteiger partial charge in [0.1, 0.15) is 0 Å². The molecular formula is C17H28N4O2. The number of hydrogen-bond donors (Lipinski definition) is 3. The van der Waals surface area contributed by atoms with Crippen LogP contribution in [0.2, 0.25) is 0 Å². The van der Waals surface area contributed by atoms with Crippen molar-refractivity contribution in [3.05, 3.63) is 24.3 Å². The van der Waals surface area contributed by atoms with Gasteiger partial charge in [-0.15, -0.1) is 0 Å². The van der Waals surface area contributed by atoms with Gasteiger partial charge in [0.15, 0.2) is 0 Å². The number of nitrogens with zero attached hydrogens (tertiary/aromatic N) is 1. The first kappa shape index (κ1) is 19.1. The summed E-state index contributed by atoms with van der Waals surface area (Å²) in [4.78, 5) is 25.8. The summed E-state index contributed by atoms with van der Waals surface area (Å²) in [5.74, 6) is -0.259. The first-order chi connectivity index (χ1) is 10.6. The molecule has 2 amide bonds. The number of amides is 2. The van der Waals surface area contributed by atoms with E-state index in [0.717, 1.165) is 0 Å². The van der Waals surface area contributed by atoms with Crippen LogP contribution in [0.4, 0.5) is 11.4 Å². The monoisotopic (exact) mass is 320 g/mol. The zero-order chi connectivity index (χ0) is 17.6. The summed E-state index contributed by atoms with van der Waals surface area (Å²) < 4.78 is 0. The minimum Gasteiger partial charge on any atom is -0.326 e. The van der Waals surface area contributed by atoms with Crippen LogP contribution in [0.15, 0.2) is 24.3 Å². The van der Waals surface area contributed by atoms with Crippen molar-refractivity contribution in [1.29, 1.82) is 0 Å². The van der Waals surface area contributed by atoms with E-state index in [-0.39, 0.29) is 17.2 Å². The molecule has 0 spiro atoms. The SMILES string of the molecule is CN(C)CCC(=O)Nc1ccc(NC(=O)[C@@H](N)C(C)(C)C)cc1. The molecule has 0 bridgehead atoms.